The van der Waals surface area contributed by atoms with Crippen molar-refractivity contribution in [1.82, 2.24) is 20.2 Å². The van der Waals surface area contributed by atoms with Crippen molar-refractivity contribution in [2.75, 3.05) is 37.6 Å². The van der Waals surface area contributed by atoms with Crippen molar-refractivity contribution in [2.45, 2.75) is 57.3 Å². The first kappa shape index (κ1) is 26.6. The molecule has 1 aliphatic heterocycles. The minimum Gasteiger partial charge on any atom is -0.387 e. The number of anilines is 1. The molecule has 3 atom stereocenters. The number of carbonyl (C=O) groups excluding carboxylic acids is 1. The highest BCUT2D eigenvalue weighted by Crippen LogP contribution is 2.43. The Hall–Kier alpha value is -2.43. The quantitative estimate of drug-likeness (QED) is 0.590. The van der Waals surface area contributed by atoms with E-state index in [0.717, 1.165) is 17.4 Å². The molecule has 1 aromatic carbocycles. The molecule has 1 saturated heterocycles. The van der Waals surface area contributed by atoms with Crippen LogP contribution >= 0.6 is 11.6 Å². The minimum absolute atomic E-state index is 0.0590. The Balaban J connectivity index is 1.53. The highest BCUT2D eigenvalue weighted by Gasteiger charge is 2.37. The smallest absolute Gasteiger partial charge is 0.387 e. The number of aromatic nitrogens is 2. The molecule has 0 radical (unpaired) electrons. The van der Waals surface area contributed by atoms with Crippen molar-refractivity contribution in [2.24, 2.45) is 0 Å². The van der Waals surface area contributed by atoms with Crippen LogP contribution in [0.3, 0.4) is 0 Å². The molecule has 36 heavy (non-hydrogen) atoms. The normalized spacial score (nSPS) is 21.1. The van der Waals surface area contributed by atoms with E-state index in [1.54, 1.807) is 4.90 Å². The van der Waals surface area contributed by atoms with Crippen molar-refractivity contribution in [3.05, 3.63) is 51.9 Å². The summed E-state index contributed by atoms with van der Waals surface area (Å²) in [5.74, 6) is -0.0995. The number of aliphatic hydroxyl groups is 1. The first-order valence-electron chi connectivity index (χ1n) is 12.1. The molecule has 2 N–H and O–H groups in total. The number of nitrogens with one attached hydrogen (secondary N) is 1. The lowest BCUT2D eigenvalue weighted by atomic mass is 9.94. The van der Waals surface area contributed by atoms with Gasteiger partial charge in [-0.3, -0.25) is 4.79 Å². The molecular formula is C25H31ClF3N5O2. The molecule has 2 heterocycles. The maximum Gasteiger partial charge on any atom is 0.417 e. The number of carbonyl (C=O) groups is 1. The van der Waals surface area contributed by atoms with Crippen molar-refractivity contribution in [1.29, 1.82) is 0 Å². The average Bonchev–Trinajstić information content (AvgIpc) is 3.12. The third-order valence-corrected chi connectivity index (χ3v) is 7.23. The second kappa shape index (κ2) is 10.5. The van der Waals surface area contributed by atoms with Crippen LogP contribution in [-0.4, -0.2) is 64.6 Å². The lowest BCUT2D eigenvalue weighted by Gasteiger charge is -2.38. The number of piperazine rings is 1. The number of amides is 1. The van der Waals surface area contributed by atoms with Gasteiger partial charge in [0.1, 0.15) is 12.1 Å². The van der Waals surface area contributed by atoms with E-state index in [1.165, 1.54) is 18.5 Å². The zero-order chi connectivity index (χ0) is 26.2. The van der Waals surface area contributed by atoms with E-state index in [4.69, 9.17) is 11.6 Å². The molecule has 0 bridgehead atoms. The number of halogens is 4. The number of benzene rings is 1. The minimum atomic E-state index is -4.61. The van der Waals surface area contributed by atoms with Crippen molar-refractivity contribution < 1.29 is 23.1 Å². The third kappa shape index (κ3) is 5.45. The van der Waals surface area contributed by atoms with Crippen molar-refractivity contribution in [3.8, 4) is 0 Å². The second-order valence-corrected chi connectivity index (χ2v) is 10.2. The van der Waals surface area contributed by atoms with E-state index < -0.39 is 23.8 Å². The lowest BCUT2D eigenvalue weighted by Crippen LogP contribution is -2.51. The van der Waals surface area contributed by atoms with Crippen LogP contribution in [0.4, 0.5) is 19.0 Å². The highest BCUT2D eigenvalue weighted by molar-refractivity contribution is 6.31. The van der Waals surface area contributed by atoms with Crippen molar-refractivity contribution in [3.63, 3.8) is 0 Å². The van der Waals surface area contributed by atoms with Gasteiger partial charge in [0.25, 0.3) is 0 Å². The molecule has 1 aliphatic carbocycles. The van der Waals surface area contributed by atoms with Gasteiger partial charge in [0.15, 0.2) is 0 Å². The molecule has 196 valence electrons. The predicted octanol–water partition coefficient (Wildman–Crippen LogP) is 4.12. The number of rotatable bonds is 6. The highest BCUT2D eigenvalue weighted by atomic mass is 35.5. The number of hydrogen-bond donors (Lipinski definition) is 2. The van der Waals surface area contributed by atoms with Crippen LogP contribution in [0.2, 0.25) is 5.02 Å². The fourth-order valence-corrected chi connectivity index (χ4v) is 5.22. The summed E-state index contributed by atoms with van der Waals surface area (Å²) < 4.78 is 40.5. The Morgan fingerprint density at radius 3 is 2.56 bits per heavy atom. The Morgan fingerprint density at radius 1 is 1.22 bits per heavy atom. The van der Waals surface area contributed by atoms with E-state index >= 15 is 0 Å². The van der Waals surface area contributed by atoms with Gasteiger partial charge < -0.3 is 20.2 Å². The molecule has 7 nitrogen and oxygen atoms in total. The van der Waals surface area contributed by atoms with Crippen LogP contribution in [0.1, 0.15) is 67.5 Å². The Morgan fingerprint density at radius 2 is 1.92 bits per heavy atom. The standard InChI is InChI=1S/C25H31ClF3N5O2/c1-14(2)30-12-17(16-4-5-19(26)18(11-16)25(27,28)29)24(36)34-8-6-33(7-9-34)23-21-15(3)10-20(35)22(21)31-13-32-23/h4-5,11,13-15,17,20,30,35H,6-10,12H2,1-3H3/t15-,17-,20-/m1/s1. The monoisotopic (exact) mass is 525 g/mol. The second-order valence-electron chi connectivity index (χ2n) is 9.81. The van der Waals surface area contributed by atoms with Crippen LogP contribution in [0, 0.1) is 0 Å². The van der Waals surface area contributed by atoms with Gasteiger partial charge in [-0.15, -0.1) is 0 Å². The predicted molar refractivity (Wildman–Crippen MR) is 131 cm³/mol. The summed E-state index contributed by atoms with van der Waals surface area (Å²) >= 11 is 5.81. The van der Waals surface area contributed by atoms with Crippen LogP contribution in [0.15, 0.2) is 24.5 Å². The zero-order valence-electron chi connectivity index (χ0n) is 20.5. The number of aliphatic hydroxyl groups excluding tert-OH is 1. The summed E-state index contributed by atoms with van der Waals surface area (Å²) in [6.07, 6.45) is -3.15. The average molecular weight is 526 g/mol. The number of hydrogen-bond acceptors (Lipinski definition) is 6. The summed E-state index contributed by atoms with van der Waals surface area (Å²) in [6, 6.07) is 3.75. The van der Waals surface area contributed by atoms with Gasteiger partial charge in [0, 0.05) is 44.3 Å². The van der Waals surface area contributed by atoms with Crippen LogP contribution in [0.25, 0.3) is 0 Å². The Kier molecular flexibility index (Phi) is 7.78. The van der Waals surface area contributed by atoms with Gasteiger partial charge in [0.05, 0.1) is 28.3 Å². The number of fused-ring (bicyclic) bond motifs is 1. The summed E-state index contributed by atoms with van der Waals surface area (Å²) in [5, 5.41) is 13.1. The molecule has 1 aromatic heterocycles. The summed E-state index contributed by atoms with van der Waals surface area (Å²) in [5.41, 5.74) is 0.949. The first-order chi connectivity index (χ1) is 17.0. The van der Waals surface area contributed by atoms with Crippen LogP contribution in [0.5, 0.6) is 0 Å². The van der Waals surface area contributed by atoms with Crippen LogP contribution in [-0.2, 0) is 11.0 Å². The molecule has 2 aliphatic rings. The Labute approximate surface area is 213 Å². The summed E-state index contributed by atoms with van der Waals surface area (Å²) in [4.78, 5) is 26.1. The zero-order valence-corrected chi connectivity index (χ0v) is 21.3. The summed E-state index contributed by atoms with van der Waals surface area (Å²) in [7, 11) is 0. The van der Waals surface area contributed by atoms with Gasteiger partial charge in [-0.1, -0.05) is 38.4 Å². The first-order valence-corrected chi connectivity index (χ1v) is 12.5. The molecule has 1 fully saturated rings. The van der Waals surface area contributed by atoms with E-state index in [0.29, 0.717) is 38.3 Å². The fourth-order valence-electron chi connectivity index (χ4n) is 4.99. The van der Waals surface area contributed by atoms with Gasteiger partial charge in [-0.25, -0.2) is 9.97 Å². The molecule has 0 saturated carbocycles. The fraction of sp³-hybridized carbons (Fsp3) is 0.560. The van der Waals surface area contributed by atoms with Crippen molar-refractivity contribution >= 4 is 23.3 Å². The van der Waals surface area contributed by atoms with Gasteiger partial charge >= 0.3 is 6.18 Å². The summed E-state index contributed by atoms with van der Waals surface area (Å²) in [6.45, 7) is 7.95. The molecule has 11 heteroatoms. The molecule has 0 unspecified atom stereocenters. The van der Waals surface area contributed by atoms with Crippen LogP contribution < -0.4 is 10.2 Å². The van der Waals surface area contributed by atoms with E-state index in [9.17, 15) is 23.1 Å². The van der Waals surface area contributed by atoms with Gasteiger partial charge in [-0.2, -0.15) is 13.2 Å². The van der Waals surface area contributed by atoms with Gasteiger partial charge in [-0.05, 0) is 30.0 Å². The van der Waals surface area contributed by atoms with E-state index in [-0.39, 0.29) is 35.0 Å². The molecule has 4 rings (SSSR count). The van der Waals surface area contributed by atoms with Gasteiger partial charge in [0.2, 0.25) is 5.91 Å². The van der Waals surface area contributed by atoms with E-state index in [1.807, 2.05) is 20.8 Å². The largest absolute Gasteiger partial charge is 0.417 e. The SMILES string of the molecule is CC(C)NC[C@@H](C(=O)N1CCN(c2ncnc3c2[C@H](C)C[C@H]3O)CC1)c1ccc(Cl)c(C(F)(F)F)c1. The lowest BCUT2D eigenvalue weighted by molar-refractivity contribution is -0.138. The molecular weight excluding hydrogens is 495 g/mol. The maximum atomic E-state index is 13.6. The Bertz CT molecular complexity index is 1110. The molecule has 1 amide bonds. The maximum absolute atomic E-state index is 13.6. The van der Waals surface area contributed by atoms with E-state index in [2.05, 4.69) is 20.2 Å². The molecule has 0 spiro atoms. The molecule has 2 aromatic rings. The topological polar surface area (TPSA) is 81.6 Å². The third-order valence-electron chi connectivity index (χ3n) is 6.90. The number of nitrogens with zero attached hydrogens (tertiary/aromatic N) is 4. The number of alkyl halides is 3.